The summed E-state index contributed by atoms with van der Waals surface area (Å²) in [4.78, 5) is 12.2. The molecule has 110 valence electrons. The maximum atomic E-state index is 12.2. The topological polar surface area (TPSA) is 51.5 Å². The zero-order valence-electron chi connectivity index (χ0n) is 12.0. The molecular formula is C17H19NO3. The number of amides is 1. The van der Waals surface area contributed by atoms with E-state index >= 15 is 0 Å². The summed E-state index contributed by atoms with van der Waals surface area (Å²) in [5.41, 5.74) is 2.87. The monoisotopic (exact) mass is 285 g/mol. The third-order valence-corrected chi connectivity index (χ3v) is 3.83. The lowest BCUT2D eigenvalue weighted by Crippen LogP contribution is -2.42. The van der Waals surface area contributed by atoms with Gasteiger partial charge in [-0.2, -0.15) is 0 Å². The molecule has 0 bridgehead atoms. The van der Waals surface area contributed by atoms with Crippen molar-refractivity contribution >= 4 is 5.91 Å². The van der Waals surface area contributed by atoms with Gasteiger partial charge in [0.15, 0.2) is 0 Å². The molecule has 21 heavy (non-hydrogen) atoms. The van der Waals surface area contributed by atoms with E-state index in [1.54, 1.807) is 6.07 Å². The van der Waals surface area contributed by atoms with E-state index in [0.29, 0.717) is 5.56 Å². The van der Waals surface area contributed by atoms with Crippen LogP contribution in [0, 0.1) is 6.92 Å². The number of nitrogens with one attached hydrogen (secondary N) is 1. The molecule has 2 unspecified atom stereocenters. The van der Waals surface area contributed by atoms with Gasteiger partial charge < -0.3 is 14.5 Å². The number of aryl methyl sites for hydroxylation is 1. The molecule has 1 amide bonds. The number of hydrogen-bond acceptors (Lipinski definition) is 3. The highest BCUT2D eigenvalue weighted by Crippen LogP contribution is 2.28. The van der Waals surface area contributed by atoms with Crippen LogP contribution in [0.15, 0.2) is 47.3 Å². The molecule has 1 aliphatic heterocycles. The second-order valence-corrected chi connectivity index (χ2v) is 5.44. The largest absolute Gasteiger partial charge is 0.472 e. The molecule has 2 aromatic rings. The van der Waals surface area contributed by atoms with E-state index < -0.39 is 0 Å². The van der Waals surface area contributed by atoms with Gasteiger partial charge in [-0.25, -0.2) is 0 Å². The maximum absolute atomic E-state index is 12.2. The van der Waals surface area contributed by atoms with Crippen LogP contribution in [0.1, 0.15) is 40.4 Å². The Kier molecular flexibility index (Phi) is 4.06. The molecule has 1 N–H and O–H groups in total. The van der Waals surface area contributed by atoms with Crippen LogP contribution in [0.2, 0.25) is 0 Å². The second kappa shape index (κ2) is 6.14. The van der Waals surface area contributed by atoms with Crippen molar-refractivity contribution in [1.82, 2.24) is 5.32 Å². The van der Waals surface area contributed by atoms with Gasteiger partial charge in [0.25, 0.3) is 5.91 Å². The second-order valence-electron chi connectivity index (χ2n) is 5.44. The van der Waals surface area contributed by atoms with Crippen molar-refractivity contribution in [3.63, 3.8) is 0 Å². The van der Waals surface area contributed by atoms with E-state index in [1.807, 2.05) is 0 Å². The summed E-state index contributed by atoms with van der Waals surface area (Å²) in [7, 11) is 0. The van der Waals surface area contributed by atoms with Crippen LogP contribution in [0.4, 0.5) is 0 Å². The van der Waals surface area contributed by atoms with Crippen LogP contribution in [-0.4, -0.2) is 18.6 Å². The molecule has 0 aliphatic carbocycles. The minimum Gasteiger partial charge on any atom is -0.472 e. The number of benzene rings is 1. The number of carbonyl (C=O) groups is 1. The fourth-order valence-electron chi connectivity index (χ4n) is 2.66. The molecule has 1 aliphatic rings. The molecule has 4 nitrogen and oxygen atoms in total. The molecule has 2 atom stereocenters. The Balaban J connectivity index is 1.75. The molecule has 0 saturated carbocycles. The molecule has 4 heteroatoms. The first kappa shape index (κ1) is 13.9. The van der Waals surface area contributed by atoms with Gasteiger partial charge in [-0.3, -0.25) is 4.79 Å². The molecule has 0 spiro atoms. The van der Waals surface area contributed by atoms with Crippen LogP contribution < -0.4 is 5.32 Å². The van der Waals surface area contributed by atoms with Gasteiger partial charge >= 0.3 is 0 Å². The van der Waals surface area contributed by atoms with Gasteiger partial charge in [-0.05, 0) is 31.4 Å². The standard InChI is InChI=1S/C17H19NO3/c1-12-4-6-13(7-5-12)16-15(3-2-9-21-16)18-17(19)14-8-10-20-11-14/h4-8,10-11,15-16H,2-3,9H2,1H3,(H,18,19). The lowest BCUT2D eigenvalue weighted by Gasteiger charge is -2.32. The Bertz CT molecular complexity index is 589. The lowest BCUT2D eigenvalue weighted by molar-refractivity contribution is -0.00947. The van der Waals surface area contributed by atoms with Gasteiger partial charge in [-0.1, -0.05) is 29.8 Å². The SMILES string of the molecule is Cc1ccc(C2OCCCC2NC(=O)c2ccoc2)cc1. The predicted molar refractivity (Wildman–Crippen MR) is 79.1 cm³/mol. The predicted octanol–water partition coefficient (Wildman–Crippen LogP) is 3.24. The van der Waals surface area contributed by atoms with E-state index in [0.717, 1.165) is 25.0 Å². The van der Waals surface area contributed by atoms with Gasteiger partial charge in [0.2, 0.25) is 0 Å². The van der Waals surface area contributed by atoms with Crippen LogP contribution >= 0.6 is 0 Å². The van der Waals surface area contributed by atoms with Gasteiger partial charge in [-0.15, -0.1) is 0 Å². The van der Waals surface area contributed by atoms with Crippen molar-refractivity contribution in [2.45, 2.75) is 31.9 Å². The van der Waals surface area contributed by atoms with Gasteiger partial charge in [0.05, 0.1) is 17.9 Å². The smallest absolute Gasteiger partial charge is 0.254 e. The van der Waals surface area contributed by atoms with E-state index in [9.17, 15) is 4.79 Å². The normalized spacial score (nSPS) is 22.0. The Morgan fingerprint density at radius 2 is 2.05 bits per heavy atom. The number of ether oxygens (including phenoxy) is 1. The van der Waals surface area contributed by atoms with Crippen LogP contribution in [0.3, 0.4) is 0 Å². The fourth-order valence-corrected chi connectivity index (χ4v) is 2.66. The van der Waals surface area contributed by atoms with E-state index in [2.05, 4.69) is 36.5 Å². The van der Waals surface area contributed by atoms with E-state index in [-0.39, 0.29) is 18.1 Å². The highest BCUT2D eigenvalue weighted by molar-refractivity contribution is 5.94. The van der Waals surface area contributed by atoms with Crippen molar-refractivity contribution in [3.05, 3.63) is 59.5 Å². The average Bonchev–Trinajstić information content (AvgIpc) is 3.03. The molecular weight excluding hydrogens is 266 g/mol. The Hall–Kier alpha value is -2.07. The van der Waals surface area contributed by atoms with E-state index in [4.69, 9.17) is 9.15 Å². The summed E-state index contributed by atoms with van der Waals surface area (Å²) in [5.74, 6) is -0.114. The van der Waals surface area contributed by atoms with Crippen LogP contribution in [0.25, 0.3) is 0 Å². The molecule has 1 saturated heterocycles. The lowest BCUT2D eigenvalue weighted by atomic mass is 9.95. The first-order valence-corrected chi connectivity index (χ1v) is 7.25. The van der Waals surface area contributed by atoms with Crippen LogP contribution in [0.5, 0.6) is 0 Å². The molecule has 1 aromatic heterocycles. The number of hydrogen-bond donors (Lipinski definition) is 1. The first-order valence-electron chi connectivity index (χ1n) is 7.25. The Labute approximate surface area is 124 Å². The fraction of sp³-hybridized carbons (Fsp3) is 0.353. The third-order valence-electron chi connectivity index (χ3n) is 3.83. The first-order chi connectivity index (χ1) is 10.2. The summed E-state index contributed by atoms with van der Waals surface area (Å²) < 4.78 is 10.9. The Morgan fingerprint density at radius 3 is 2.76 bits per heavy atom. The number of carbonyl (C=O) groups excluding carboxylic acids is 1. The van der Waals surface area contributed by atoms with Crippen LogP contribution in [-0.2, 0) is 4.74 Å². The minimum absolute atomic E-state index is 0.0103. The zero-order chi connectivity index (χ0) is 14.7. The van der Waals surface area contributed by atoms with Crippen molar-refractivity contribution < 1.29 is 13.9 Å². The summed E-state index contributed by atoms with van der Waals surface area (Å²) in [6.45, 7) is 2.79. The molecule has 2 heterocycles. The molecule has 1 fully saturated rings. The van der Waals surface area contributed by atoms with Crippen molar-refractivity contribution in [2.24, 2.45) is 0 Å². The van der Waals surface area contributed by atoms with Crippen molar-refractivity contribution in [1.29, 1.82) is 0 Å². The summed E-state index contributed by atoms with van der Waals surface area (Å²) in [6.07, 6.45) is 4.75. The number of rotatable bonds is 3. The average molecular weight is 285 g/mol. The highest BCUT2D eigenvalue weighted by atomic mass is 16.5. The van der Waals surface area contributed by atoms with Gasteiger partial charge in [0.1, 0.15) is 12.4 Å². The molecule has 0 radical (unpaired) electrons. The molecule has 3 rings (SSSR count). The maximum Gasteiger partial charge on any atom is 0.254 e. The summed E-state index contributed by atoms with van der Waals surface area (Å²) in [5, 5.41) is 3.06. The summed E-state index contributed by atoms with van der Waals surface area (Å²) in [6, 6.07) is 9.94. The number of furan rings is 1. The van der Waals surface area contributed by atoms with Crippen molar-refractivity contribution in [3.8, 4) is 0 Å². The van der Waals surface area contributed by atoms with Crippen molar-refractivity contribution in [2.75, 3.05) is 6.61 Å². The quantitative estimate of drug-likeness (QED) is 0.942. The summed E-state index contributed by atoms with van der Waals surface area (Å²) >= 11 is 0. The zero-order valence-corrected chi connectivity index (χ0v) is 12.0. The highest BCUT2D eigenvalue weighted by Gasteiger charge is 2.29. The molecule has 1 aromatic carbocycles. The van der Waals surface area contributed by atoms with E-state index in [1.165, 1.54) is 18.1 Å². The Morgan fingerprint density at radius 1 is 1.24 bits per heavy atom. The van der Waals surface area contributed by atoms with Gasteiger partial charge in [0, 0.05) is 6.61 Å². The third kappa shape index (κ3) is 3.16. The minimum atomic E-state index is -0.114.